The molecule has 1 N–H and O–H groups in total. The number of nitrogens with zero attached hydrogens (tertiary/aromatic N) is 3. The van der Waals surface area contributed by atoms with Crippen LogP contribution in [0.5, 0.6) is 0 Å². The van der Waals surface area contributed by atoms with E-state index in [-0.39, 0.29) is 10.8 Å². The molecule has 0 saturated carbocycles. The highest BCUT2D eigenvalue weighted by Gasteiger charge is 2.25. The van der Waals surface area contributed by atoms with Crippen molar-refractivity contribution >= 4 is 33.2 Å². The quantitative estimate of drug-likeness (QED) is 0.550. The monoisotopic (exact) mass is 486 g/mol. The first-order valence-electron chi connectivity index (χ1n) is 11.0. The maximum atomic E-state index is 12.8. The Labute approximate surface area is 199 Å². The summed E-state index contributed by atoms with van der Waals surface area (Å²) in [6.45, 7) is 5.39. The Kier molecular flexibility index (Phi) is 6.88. The molecule has 1 aliphatic rings. The van der Waals surface area contributed by atoms with E-state index in [0.29, 0.717) is 35.9 Å². The van der Waals surface area contributed by atoms with Crippen LogP contribution >= 0.6 is 11.6 Å². The summed E-state index contributed by atoms with van der Waals surface area (Å²) in [4.78, 5) is 13.0. The number of nitrogens with one attached hydrogen (secondary N) is 1. The van der Waals surface area contributed by atoms with Crippen molar-refractivity contribution in [2.45, 2.75) is 44.6 Å². The zero-order chi connectivity index (χ0) is 23.6. The fourth-order valence-corrected chi connectivity index (χ4v) is 5.63. The molecular weight excluding hydrogens is 460 g/mol. The second kappa shape index (κ2) is 9.67. The summed E-state index contributed by atoms with van der Waals surface area (Å²) in [5, 5.41) is 7.93. The number of rotatable bonds is 6. The lowest BCUT2D eigenvalue weighted by Gasteiger charge is -2.25. The molecule has 33 heavy (non-hydrogen) atoms. The van der Waals surface area contributed by atoms with Crippen LogP contribution < -0.4 is 5.32 Å². The number of amides is 1. The van der Waals surface area contributed by atoms with Crippen molar-refractivity contribution in [3.05, 3.63) is 76.1 Å². The second-order valence-corrected chi connectivity index (χ2v) is 10.6. The minimum Gasteiger partial charge on any atom is -0.322 e. The lowest BCUT2D eigenvalue weighted by molar-refractivity contribution is 0.102. The Morgan fingerprint density at radius 3 is 2.39 bits per heavy atom. The highest BCUT2D eigenvalue weighted by molar-refractivity contribution is 7.89. The smallest absolute Gasteiger partial charge is 0.255 e. The Hall–Kier alpha value is -2.68. The highest BCUT2D eigenvalue weighted by atomic mass is 35.5. The summed E-state index contributed by atoms with van der Waals surface area (Å²) in [5.74, 6) is -0.269. The number of carbonyl (C=O) groups excluding carboxylic acids is 1. The van der Waals surface area contributed by atoms with Crippen LogP contribution in [0.15, 0.2) is 53.4 Å². The minimum atomic E-state index is -3.50. The van der Waals surface area contributed by atoms with Crippen LogP contribution in [-0.4, -0.2) is 41.5 Å². The molecule has 0 spiro atoms. The van der Waals surface area contributed by atoms with Gasteiger partial charge in [-0.15, -0.1) is 0 Å². The maximum absolute atomic E-state index is 12.8. The van der Waals surface area contributed by atoms with Crippen molar-refractivity contribution in [2.24, 2.45) is 0 Å². The third-order valence-corrected chi connectivity index (χ3v) is 8.34. The average Bonchev–Trinajstić information content (AvgIpc) is 3.06. The van der Waals surface area contributed by atoms with Gasteiger partial charge in [-0.25, -0.2) is 8.42 Å². The van der Waals surface area contributed by atoms with Gasteiger partial charge in [0.2, 0.25) is 10.0 Å². The van der Waals surface area contributed by atoms with Crippen molar-refractivity contribution in [3.63, 3.8) is 0 Å². The van der Waals surface area contributed by atoms with Gasteiger partial charge in [-0.1, -0.05) is 30.2 Å². The normalized spacial score (nSPS) is 14.9. The molecule has 1 fully saturated rings. The van der Waals surface area contributed by atoms with Crippen LogP contribution in [0.25, 0.3) is 0 Å². The number of hydrogen-bond donors (Lipinski definition) is 1. The van der Waals surface area contributed by atoms with Crippen LogP contribution in [0.4, 0.5) is 5.69 Å². The first-order valence-corrected chi connectivity index (χ1v) is 12.8. The van der Waals surface area contributed by atoms with E-state index in [1.54, 1.807) is 30.3 Å². The predicted molar refractivity (Wildman–Crippen MR) is 129 cm³/mol. The molecule has 0 bridgehead atoms. The molecule has 1 aromatic heterocycles. The van der Waals surface area contributed by atoms with E-state index in [1.165, 1.54) is 4.31 Å². The van der Waals surface area contributed by atoms with Crippen LogP contribution in [0.1, 0.15) is 46.6 Å². The lowest BCUT2D eigenvalue weighted by atomic mass is 10.1. The molecular formula is C24H27ClN4O3S. The number of carbonyl (C=O) groups is 1. The van der Waals surface area contributed by atoms with E-state index in [4.69, 9.17) is 11.6 Å². The van der Waals surface area contributed by atoms with Gasteiger partial charge in [-0.2, -0.15) is 9.40 Å². The zero-order valence-corrected chi connectivity index (χ0v) is 20.3. The summed E-state index contributed by atoms with van der Waals surface area (Å²) < 4.78 is 28.9. The van der Waals surface area contributed by atoms with Crippen molar-refractivity contribution in [1.29, 1.82) is 0 Å². The SMILES string of the molecule is Cc1nn(Cc2cccc(C(=O)Nc3ccc(S(=O)(=O)N4CCCCC4)cc3)c2)c(C)c1Cl. The van der Waals surface area contributed by atoms with Crippen molar-refractivity contribution < 1.29 is 13.2 Å². The third-order valence-electron chi connectivity index (χ3n) is 5.88. The van der Waals surface area contributed by atoms with E-state index >= 15 is 0 Å². The molecule has 1 saturated heterocycles. The average molecular weight is 487 g/mol. The molecule has 0 radical (unpaired) electrons. The Morgan fingerprint density at radius 1 is 1.06 bits per heavy atom. The highest BCUT2D eigenvalue weighted by Crippen LogP contribution is 2.23. The largest absolute Gasteiger partial charge is 0.322 e. The summed E-state index contributed by atoms with van der Waals surface area (Å²) in [5.41, 5.74) is 3.61. The molecule has 4 rings (SSSR count). The molecule has 7 nitrogen and oxygen atoms in total. The Balaban J connectivity index is 1.45. The van der Waals surface area contributed by atoms with Crippen molar-refractivity contribution in [2.75, 3.05) is 18.4 Å². The first-order chi connectivity index (χ1) is 15.8. The van der Waals surface area contributed by atoms with E-state index in [9.17, 15) is 13.2 Å². The zero-order valence-electron chi connectivity index (χ0n) is 18.7. The first kappa shape index (κ1) is 23.5. The van der Waals surface area contributed by atoms with Gasteiger partial charge in [0, 0.05) is 24.3 Å². The lowest BCUT2D eigenvalue weighted by Crippen LogP contribution is -2.35. The molecule has 1 amide bonds. The van der Waals surface area contributed by atoms with Gasteiger partial charge in [-0.3, -0.25) is 9.48 Å². The van der Waals surface area contributed by atoms with Crippen molar-refractivity contribution in [1.82, 2.24) is 14.1 Å². The van der Waals surface area contributed by atoms with Crippen molar-refractivity contribution in [3.8, 4) is 0 Å². The second-order valence-electron chi connectivity index (χ2n) is 8.29. The molecule has 2 aromatic carbocycles. The molecule has 9 heteroatoms. The molecule has 3 aromatic rings. The molecule has 2 heterocycles. The number of halogens is 1. The molecule has 0 unspecified atom stereocenters. The number of benzene rings is 2. The molecule has 174 valence electrons. The van der Waals surface area contributed by atoms with Gasteiger partial charge in [0.05, 0.1) is 27.9 Å². The van der Waals surface area contributed by atoms with Crippen LogP contribution in [0.3, 0.4) is 0 Å². The van der Waals surface area contributed by atoms with Crippen LogP contribution in [0, 0.1) is 13.8 Å². The Morgan fingerprint density at radius 2 is 1.76 bits per heavy atom. The summed E-state index contributed by atoms with van der Waals surface area (Å²) in [6.07, 6.45) is 2.84. The van der Waals surface area contributed by atoms with Crippen LogP contribution in [0.2, 0.25) is 5.02 Å². The van der Waals surface area contributed by atoms with Gasteiger partial charge in [0.15, 0.2) is 0 Å². The number of aryl methyl sites for hydroxylation is 1. The van der Waals surface area contributed by atoms with E-state index < -0.39 is 10.0 Å². The topological polar surface area (TPSA) is 84.3 Å². The van der Waals surface area contributed by atoms with Gasteiger partial charge < -0.3 is 5.32 Å². The van der Waals surface area contributed by atoms with E-state index in [0.717, 1.165) is 36.2 Å². The number of anilines is 1. The van der Waals surface area contributed by atoms with Gasteiger partial charge >= 0.3 is 0 Å². The molecule has 0 atom stereocenters. The number of hydrogen-bond acceptors (Lipinski definition) is 4. The fourth-order valence-electron chi connectivity index (χ4n) is 3.98. The summed E-state index contributed by atoms with van der Waals surface area (Å²) >= 11 is 6.23. The van der Waals surface area contributed by atoms with E-state index in [2.05, 4.69) is 10.4 Å². The minimum absolute atomic E-state index is 0.243. The maximum Gasteiger partial charge on any atom is 0.255 e. The van der Waals surface area contributed by atoms with Gasteiger partial charge in [0.25, 0.3) is 5.91 Å². The van der Waals surface area contributed by atoms with Gasteiger partial charge in [0.1, 0.15) is 0 Å². The fraction of sp³-hybridized carbons (Fsp3) is 0.333. The standard InChI is InChI=1S/C24H27ClN4O3S/c1-17-23(25)18(2)29(27-17)16-19-7-6-8-20(15-19)24(30)26-21-9-11-22(12-10-21)33(31,32)28-13-4-3-5-14-28/h6-12,15H,3-5,13-14,16H2,1-2H3,(H,26,30). The predicted octanol–water partition coefficient (Wildman–Crippen LogP) is 4.63. The number of aromatic nitrogens is 2. The third kappa shape index (κ3) is 5.13. The van der Waals surface area contributed by atoms with Gasteiger partial charge in [-0.05, 0) is 68.7 Å². The summed E-state index contributed by atoms with van der Waals surface area (Å²) in [7, 11) is -3.50. The number of piperidine rings is 1. The summed E-state index contributed by atoms with van der Waals surface area (Å²) in [6, 6.07) is 13.6. The molecule has 1 aliphatic heterocycles. The number of sulfonamides is 1. The Bertz CT molecular complexity index is 1260. The van der Waals surface area contributed by atoms with Crippen LogP contribution in [-0.2, 0) is 16.6 Å². The molecule has 0 aliphatic carbocycles. The van der Waals surface area contributed by atoms with E-state index in [1.807, 2.05) is 36.7 Å².